The maximum atomic E-state index is 11.7. The van der Waals surface area contributed by atoms with Crippen molar-refractivity contribution >= 4 is 5.91 Å². The van der Waals surface area contributed by atoms with Crippen molar-refractivity contribution in [2.45, 2.75) is 45.6 Å². The van der Waals surface area contributed by atoms with Crippen LogP contribution in [-0.4, -0.2) is 30.1 Å². The molecule has 1 unspecified atom stereocenters. The van der Waals surface area contributed by atoms with Crippen molar-refractivity contribution in [3.63, 3.8) is 0 Å². The van der Waals surface area contributed by atoms with Gasteiger partial charge < -0.3 is 4.90 Å². The zero-order valence-electron chi connectivity index (χ0n) is 9.83. The molecule has 1 saturated carbocycles. The third-order valence-electron chi connectivity index (χ3n) is 3.88. The summed E-state index contributed by atoms with van der Waals surface area (Å²) in [4.78, 5) is 13.7. The molecule has 0 aromatic rings. The van der Waals surface area contributed by atoms with Gasteiger partial charge in [-0.25, -0.2) is 0 Å². The zero-order chi connectivity index (χ0) is 10.8. The molecule has 2 fully saturated rings. The Hall–Kier alpha value is -0.570. The largest absolute Gasteiger partial charge is 0.328 e. The van der Waals surface area contributed by atoms with Gasteiger partial charge in [0.25, 0.3) is 0 Å². The molecule has 0 aromatic carbocycles. The number of rotatable bonds is 2. The van der Waals surface area contributed by atoms with Crippen molar-refractivity contribution in [1.29, 1.82) is 0 Å². The number of nitrogens with zero attached hydrogens (tertiary/aromatic N) is 1. The molecule has 2 aliphatic rings. The van der Waals surface area contributed by atoms with Crippen LogP contribution in [0.15, 0.2) is 0 Å². The first-order valence-electron chi connectivity index (χ1n) is 6.19. The monoisotopic (exact) mass is 210 g/mol. The van der Waals surface area contributed by atoms with Crippen molar-refractivity contribution in [2.24, 2.45) is 11.8 Å². The molecule has 1 aliphatic heterocycles. The first-order valence-corrected chi connectivity index (χ1v) is 6.19. The highest BCUT2D eigenvalue weighted by atomic mass is 16.2. The minimum atomic E-state index is 0.0347. The fourth-order valence-corrected chi connectivity index (χ4v) is 2.66. The number of carbonyl (C=O) groups excluding carboxylic acids is 1. The van der Waals surface area contributed by atoms with Gasteiger partial charge in [-0.2, -0.15) is 0 Å². The number of amides is 1. The third-order valence-corrected chi connectivity index (χ3v) is 3.88. The van der Waals surface area contributed by atoms with Crippen LogP contribution >= 0.6 is 0 Å². The van der Waals surface area contributed by atoms with E-state index in [1.54, 1.807) is 0 Å². The van der Waals surface area contributed by atoms with Crippen LogP contribution in [0.2, 0.25) is 0 Å². The van der Waals surface area contributed by atoms with Gasteiger partial charge >= 0.3 is 0 Å². The SMILES string of the molecule is CC1CCC(CN2CNC(C)C2=O)CC1. The quantitative estimate of drug-likeness (QED) is 0.750. The molecule has 1 amide bonds. The lowest BCUT2D eigenvalue weighted by Crippen LogP contribution is -2.34. The maximum Gasteiger partial charge on any atom is 0.240 e. The van der Waals surface area contributed by atoms with Gasteiger partial charge in [-0.3, -0.25) is 10.1 Å². The van der Waals surface area contributed by atoms with Gasteiger partial charge in [0.2, 0.25) is 5.91 Å². The molecule has 0 bridgehead atoms. The Kier molecular flexibility index (Phi) is 3.29. The van der Waals surface area contributed by atoms with E-state index in [1.165, 1.54) is 25.7 Å². The fourth-order valence-electron chi connectivity index (χ4n) is 2.66. The molecule has 1 N–H and O–H groups in total. The van der Waals surface area contributed by atoms with Crippen LogP contribution in [0, 0.1) is 11.8 Å². The van der Waals surface area contributed by atoms with E-state index < -0.39 is 0 Å². The van der Waals surface area contributed by atoms with E-state index in [0.717, 1.165) is 25.0 Å². The van der Waals surface area contributed by atoms with Crippen molar-refractivity contribution in [3.05, 3.63) is 0 Å². The van der Waals surface area contributed by atoms with Gasteiger partial charge in [0.1, 0.15) is 0 Å². The molecule has 1 atom stereocenters. The van der Waals surface area contributed by atoms with Gasteiger partial charge in [-0.15, -0.1) is 0 Å². The lowest BCUT2D eigenvalue weighted by Gasteiger charge is -2.29. The second kappa shape index (κ2) is 4.52. The van der Waals surface area contributed by atoms with Crippen molar-refractivity contribution < 1.29 is 4.79 Å². The van der Waals surface area contributed by atoms with E-state index in [0.29, 0.717) is 0 Å². The highest BCUT2D eigenvalue weighted by Gasteiger charge is 2.29. The van der Waals surface area contributed by atoms with E-state index >= 15 is 0 Å². The Balaban J connectivity index is 1.80. The molecule has 0 radical (unpaired) electrons. The predicted molar refractivity (Wildman–Crippen MR) is 60.3 cm³/mol. The molecule has 1 aliphatic carbocycles. The first-order chi connectivity index (χ1) is 7.16. The summed E-state index contributed by atoms with van der Waals surface area (Å²) in [6, 6.07) is 0.0347. The average Bonchev–Trinajstić information content (AvgIpc) is 2.53. The van der Waals surface area contributed by atoms with Gasteiger partial charge in [0.15, 0.2) is 0 Å². The Labute approximate surface area is 92.2 Å². The summed E-state index contributed by atoms with van der Waals surface area (Å²) < 4.78 is 0. The molecule has 3 nitrogen and oxygen atoms in total. The zero-order valence-corrected chi connectivity index (χ0v) is 9.83. The number of hydrogen-bond donors (Lipinski definition) is 1. The van der Waals surface area contributed by atoms with Gasteiger partial charge in [-0.1, -0.05) is 19.8 Å². The molecule has 1 saturated heterocycles. The molecule has 0 aromatic heterocycles. The number of hydrogen-bond acceptors (Lipinski definition) is 2. The summed E-state index contributed by atoms with van der Waals surface area (Å²) in [7, 11) is 0. The summed E-state index contributed by atoms with van der Waals surface area (Å²) >= 11 is 0. The Morgan fingerprint density at radius 1 is 1.27 bits per heavy atom. The van der Waals surface area contributed by atoms with Crippen molar-refractivity contribution in [2.75, 3.05) is 13.2 Å². The van der Waals surface area contributed by atoms with E-state index in [1.807, 2.05) is 11.8 Å². The number of nitrogens with one attached hydrogen (secondary N) is 1. The normalized spacial score (nSPS) is 37.3. The van der Waals surface area contributed by atoms with Crippen LogP contribution < -0.4 is 5.32 Å². The third kappa shape index (κ3) is 2.51. The summed E-state index contributed by atoms with van der Waals surface area (Å²) in [5.74, 6) is 1.93. The standard InChI is InChI=1S/C12H22N2O/c1-9-3-5-11(6-4-9)7-14-8-13-10(2)12(14)15/h9-11,13H,3-8H2,1-2H3. The maximum absolute atomic E-state index is 11.7. The Morgan fingerprint density at radius 2 is 1.93 bits per heavy atom. The molecule has 3 heteroatoms. The molecular weight excluding hydrogens is 188 g/mol. The summed E-state index contributed by atoms with van der Waals surface area (Å²) in [6.45, 7) is 6.01. The van der Waals surface area contributed by atoms with Crippen LogP contribution in [0.25, 0.3) is 0 Å². The number of carbonyl (C=O) groups is 1. The minimum absolute atomic E-state index is 0.0347. The van der Waals surface area contributed by atoms with Crippen LogP contribution in [0.1, 0.15) is 39.5 Å². The minimum Gasteiger partial charge on any atom is -0.328 e. The van der Waals surface area contributed by atoms with E-state index in [-0.39, 0.29) is 11.9 Å². The highest BCUT2D eigenvalue weighted by molar-refractivity contribution is 5.83. The summed E-state index contributed by atoms with van der Waals surface area (Å²) in [5, 5.41) is 3.19. The van der Waals surface area contributed by atoms with Crippen LogP contribution in [0.5, 0.6) is 0 Å². The van der Waals surface area contributed by atoms with Crippen LogP contribution in [0.4, 0.5) is 0 Å². The Morgan fingerprint density at radius 3 is 2.47 bits per heavy atom. The predicted octanol–water partition coefficient (Wildman–Crippen LogP) is 1.59. The summed E-state index contributed by atoms with van der Waals surface area (Å²) in [6.07, 6.45) is 5.30. The Bertz CT molecular complexity index is 234. The van der Waals surface area contributed by atoms with E-state index in [2.05, 4.69) is 12.2 Å². The second-order valence-electron chi connectivity index (χ2n) is 5.27. The van der Waals surface area contributed by atoms with E-state index in [9.17, 15) is 4.79 Å². The molecular formula is C12H22N2O. The van der Waals surface area contributed by atoms with Crippen LogP contribution in [0.3, 0.4) is 0 Å². The lowest BCUT2D eigenvalue weighted by molar-refractivity contribution is -0.129. The smallest absolute Gasteiger partial charge is 0.240 e. The van der Waals surface area contributed by atoms with Crippen LogP contribution in [-0.2, 0) is 4.79 Å². The van der Waals surface area contributed by atoms with Crippen molar-refractivity contribution in [1.82, 2.24) is 10.2 Å². The molecule has 2 rings (SSSR count). The topological polar surface area (TPSA) is 32.3 Å². The first kappa shape index (κ1) is 10.9. The van der Waals surface area contributed by atoms with Crippen molar-refractivity contribution in [3.8, 4) is 0 Å². The van der Waals surface area contributed by atoms with E-state index in [4.69, 9.17) is 0 Å². The highest BCUT2D eigenvalue weighted by Crippen LogP contribution is 2.29. The molecule has 1 heterocycles. The molecule has 0 spiro atoms. The van der Waals surface area contributed by atoms with Gasteiger partial charge in [0, 0.05) is 6.54 Å². The van der Waals surface area contributed by atoms with Gasteiger partial charge in [-0.05, 0) is 31.6 Å². The molecule has 86 valence electrons. The van der Waals surface area contributed by atoms with Gasteiger partial charge in [0.05, 0.1) is 12.7 Å². The fraction of sp³-hybridized carbons (Fsp3) is 0.917. The average molecular weight is 210 g/mol. The molecule has 15 heavy (non-hydrogen) atoms. The summed E-state index contributed by atoms with van der Waals surface area (Å²) in [5.41, 5.74) is 0. The second-order valence-corrected chi connectivity index (χ2v) is 5.27. The lowest BCUT2D eigenvalue weighted by atomic mass is 9.83.